The van der Waals surface area contributed by atoms with E-state index in [4.69, 9.17) is 10.5 Å². The van der Waals surface area contributed by atoms with Crippen molar-refractivity contribution in [2.45, 2.75) is 26.4 Å². The summed E-state index contributed by atoms with van der Waals surface area (Å²) in [5, 5.41) is 9.57. The average Bonchev–Trinajstić information content (AvgIpc) is 2.15. The molecule has 0 bridgehead atoms. The van der Waals surface area contributed by atoms with E-state index in [1.165, 1.54) is 0 Å². The van der Waals surface area contributed by atoms with Gasteiger partial charge in [0.25, 0.3) is 0 Å². The number of likely N-dealkylation sites (N-methyl/N-ethyl adjacent to an activating group) is 1. The fourth-order valence-electron chi connectivity index (χ4n) is 1.30. The second kappa shape index (κ2) is 8.06. The topological polar surface area (TPSA) is 92.9 Å². The molecule has 16 heavy (non-hydrogen) atoms. The number of ether oxygens (including phenoxy) is 1. The first-order valence-corrected chi connectivity index (χ1v) is 5.33. The highest BCUT2D eigenvalue weighted by Crippen LogP contribution is 1.99. The lowest BCUT2D eigenvalue weighted by Crippen LogP contribution is -2.39. The molecule has 94 valence electrons. The highest BCUT2D eigenvalue weighted by atomic mass is 16.5. The van der Waals surface area contributed by atoms with Gasteiger partial charge >= 0.3 is 5.97 Å². The van der Waals surface area contributed by atoms with E-state index in [0.717, 1.165) is 0 Å². The van der Waals surface area contributed by atoms with Gasteiger partial charge in [-0.3, -0.25) is 14.5 Å². The maximum Gasteiger partial charge on any atom is 0.308 e. The number of nitrogens with zero attached hydrogens (tertiary/aromatic N) is 1. The van der Waals surface area contributed by atoms with Gasteiger partial charge in [-0.1, -0.05) is 6.92 Å². The summed E-state index contributed by atoms with van der Waals surface area (Å²) in [5.74, 6) is -0.893. The Morgan fingerprint density at radius 3 is 2.50 bits per heavy atom. The number of aliphatic hydroxyl groups is 1. The summed E-state index contributed by atoms with van der Waals surface area (Å²) in [7, 11) is 0. The van der Waals surface area contributed by atoms with Gasteiger partial charge in [0, 0.05) is 6.54 Å². The molecule has 0 aromatic carbocycles. The standard InChI is InChI=1S/C10H20N2O4/c1-3-12(7-9(11)14)6-8(13)5-10(15)16-4-2/h8,13H,3-7H2,1-2H3,(H2,11,14). The first kappa shape index (κ1) is 14.9. The molecular weight excluding hydrogens is 212 g/mol. The number of rotatable bonds is 8. The quantitative estimate of drug-likeness (QED) is 0.529. The molecule has 0 fully saturated rings. The number of hydrogen-bond acceptors (Lipinski definition) is 5. The number of amides is 1. The van der Waals surface area contributed by atoms with Crippen LogP contribution in [-0.2, 0) is 14.3 Å². The zero-order valence-corrected chi connectivity index (χ0v) is 9.81. The number of primary amides is 1. The van der Waals surface area contributed by atoms with Gasteiger partial charge in [-0.15, -0.1) is 0 Å². The molecule has 6 nitrogen and oxygen atoms in total. The minimum Gasteiger partial charge on any atom is -0.466 e. The normalized spacial score (nSPS) is 12.5. The number of nitrogens with two attached hydrogens (primary N) is 1. The Hall–Kier alpha value is -1.14. The predicted molar refractivity (Wildman–Crippen MR) is 58.6 cm³/mol. The molecule has 0 saturated heterocycles. The smallest absolute Gasteiger partial charge is 0.308 e. The molecule has 0 spiro atoms. The van der Waals surface area contributed by atoms with Gasteiger partial charge in [0.1, 0.15) is 0 Å². The van der Waals surface area contributed by atoms with Gasteiger partial charge in [0.2, 0.25) is 5.91 Å². The lowest BCUT2D eigenvalue weighted by Gasteiger charge is -2.21. The van der Waals surface area contributed by atoms with E-state index in [-0.39, 0.29) is 19.5 Å². The zero-order chi connectivity index (χ0) is 12.6. The third kappa shape index (κ3) is 7.19. The summed E-state index contributed by atoms with van der Waals surface area (Å²) in [4.78, 5) is 23.4. The lowest BCUT2D eigenvalue weighted by molar-refractivity contribution is -0.145. The molecule has 0 radical (unpaired) electrons. The number of aliphatic hydroxyl groups excluding tert-OH is 1. The highest BCUT2D eigenvalue weighted by Gasteiger charge is 2.16. The Bertz CT molecular complexity index is 233. The maximum atomic E-state index is 11.1. The Kier molecular flexibility index (Phi) is 7.49. The maximum absolute atomic E-state index is 11.1. The van der Waals surface area contributed by atoms with Gasteiger partial charge in [-0.25, -0.2) is 0 Å². The molecule has 3 N–H and O–H groups in total. The number of carbonyl (C=O) groups is 2. The van der Waals surface area contributed by atoms with Crippen molar-refractivity contribution in [1.82, 2.24) is 4.90 Å². The van der Waals surface area contributed by atoms with Crippen LogP contribution in [0.15, 0.2) is 0 Å². The number of hydrogen-bond donors (Lipinski definition) is 2. The Balaban J connectivity index is 3.95. The molecule has 0 heterocycles. The van der Waals surface area contributed by atoms with Crippen LogP contribution in [0.1, 0.15) is 20.3 Å². The van der Waals surface area contributed by atoms with Crippen LogP contribution in [0.25, 0.3) is 0 Å². The van der Waals surface area contributed by atoms with Gasteiger partial charge in [-0.2, -0.15) is 0 Å². The van der Waals surface area contributed by atoms with Gasteiger partial charge in [0.15, 0.2) is 0 Å². The van der Waals surface area contributed by atoms with Crippen LogP contribution in [0.2, 0.25) is 0 Å². The molecule has 6 heteroatoms. The Morgan fingerprint density at radius 2 is 2.06 bits per heavy atom. The van der Waals surface area contributed by atoms with E-state index in [1.807, 2.05) is 6.92 Å². The SMILES string of the molecule is CCOC(=O)CC(O)CN(CC)CC(N)=O. The minimum atomic E-state index is -0.835. The van der Waals surface area contributed by atoms with Crippen LogP contribution in [0.4, 0.5) is 0 Å². The third-order valence-corrected chi connectivity index (χ3v) is 2.00. The molecule has 0 aliphatic heterocycles. The zero-order valence-electron chi connectivity index (χ0n) is 9.81. The second-order valence-electron chi connectivity index (χ2n) is 3.46. The summed E-state index contributed by atoms with van der Waals surface area (Å²) >= 11 is 0. The van der Waals surface area contributed by atoms with Crippen molar-refractivity contribution in [2.24, 2.45) is 5.73 Å². The summed E-state index contributed by atoms with van der Waals surface area (Å²) in [6, 6.07) is 0. The highest BCUT2D eigenvalue weighted by molar-refractivity contribution is 5.75. The summed E-state index contributed by atoms with van der Waals surface area (Å²) in [6.45, 7) is 4.75. The third-order valence-electron chi connectivity index (χ3n) is 2.00. The summed E-state index contributed by atoms with van der Waals surface area (Å²) in [6.07, 6.45) is -0.901. The van der Waals surface area contributed by atoms with E-state index in [1.54, 1.807) is 11.8 Å². The molecule has 0 aromatic heterocycles. The fourth-order valence-corrected chi connectivity index (χ4v) is 1.30. The van der Waals surface area contributed by atoms with Gasteiger partial charge in [-0.05, 0) is 13.5 Å². The number of carbonyl (C=O) groups excluding carboxylic acids is 2. The fraction of sp³-hybridized carbons (Fsp3) is 0.800. The van der Waals surface area contributed by atoms with Crippen LogP contribution < -0.4 is 5.73 Å². The van der Waals surface area contributed by atoms with E-state index < -0.39 is 18.0 Å². The van der Waals surface area contributed by atoms with Crippen molar-refractivity contribution < 1.29 is 19.4 Å². The van der Waals surface area contributed by atoms with Crippen molar-refractivity contribution >= 4 is 11.9 Å². The van der Waals surface area contributed by atoms with Crippen LogP contribution in [0.3, 0.4) is 0 Å². The first-order chi connectivity index (χ1) is 7.49. The van der Waals surface area contributed by atoms with Crippen LogP contribution in [0.5, 0.6) is 0 Å². The molecular formula is C10H20N2O4. The molecule has 0 aliphatic rings. The Labute approximate surface area is 95.4 Å². The predicted octanol–water partition coefficient (Wildman–Crippen LogP) is -0.892. The molecule has 0 aromatic rings. The minimum absolute atomic E-state index is 0.0664. The second-order valence-corrected chi connectivity index (χ2v) is 3.46. The van der Waals surface area contributed by atoms with Crippen LogP contribution >= 0.6 is 0 Å². The van der Waals surface area contributed by atoms with E-state index in [9.17, 15) is 14.7 Å². The van der Waals surface area contributed by atoms with Crippen LogP contribution in [-0.4, -0.2) is 54.2 Å². The van der Waals surface area contributed by atoms with Crippen molar-refractivity contribution in [3.63, 3.8) is 0 Å². The van der Waals surface area contributed by atoms with E-state index >= 15 is 0 Å². The first-order valence-electron chi connectivity index (χ1n) is 5.33. The molecule has 1 unspecified atom stereocenters. The van der Waals surface area contributed by atoms with Crippen molar-refractivity contribution in [1.29, 1.82) is 0 Å². The average molecular weight is 232 g/mol. The molecule has 0 rings (SSSR count). The molecule has 0 aliphatic carbocycles. The largest absolute Gasteiger partial charge is 0.466 e. The summed E-state index contributed by atoms with van der Waals surface area (Å²) < 4.78 is 4.70. The molecule has 0 saturated carbocycles. The van der Waals surface area contributed by atoms with E-state index in [2.05, 4.69) is 0 Å². The van der Waals surface area contributed by atoms with Crippen molar-refractivity contribution in [3.05, 3.63) is 0 Å². The van der Waals surface area contributed by atoms with Crippen molar-refractivity contribution in [3.8, 4) is 0 Å². The van der Waals surface area contributed by atoms with Gasteiger partial charge in [0.05, 0.1) is 25.7 Å². The monoisotopic (exact) mass is 232 g/mol. The van der Waals surface area contributed by atoms with Crippen LogP contribution in [0, 0.1) is 0 Å². The molecule has 1 amide bonds. The summed E-state index contributed by atoms with van der Waals surface area (Å²) in [5.41, 5.74) is 5.04. The van der Waals surface area contributed by atoms with E-state index in [0.29, 0.717) is 13.2 Å². The van der Waals surface area contributed by atoms with Crippen molar-refractivity contribution in [2.75, 3.05) is 26.2 Å². The molecule has 1 atom stereocenters. The number of esters is 1. The Morgan fingerprint density at radius 1 is 1.44 bits per heavy atom. The lowest BCUT2D eigenvalue weighted by atomic mass is 10.2. The van der Waals surface area contributed by atoms with Gasteiger partial charge < -0.3 is 15.6 Å².